The van der Waals surface area contributed by atoms with Gasteiger partial charge >= 0.3 is 6.09 Å². The van der Waals surface area contributed by atoms with Crippen LogP contribution in [0.25, 0.3) is 0 Å². The molecule has 2 N–H and O–H groups in total. The first-order chi connectivity index (χ1) is 9.31. The van der Waals surface area contributed by atoms with E-state index in [9.17, 15) is 14.7 Å². The molecule has 0 bridgehead atoms. The van der Waals surface area contributed by atoms with Crippen LogP contribution in [0.5, 0.6) is 5.75 Å². The molecule has 106 valence electrons. The zero-order valence-corrected chi connectivity index (χ0v) is 11.7. The fourth-order valence-corrected chi connectivity index (χ4v) is 1.33. The van der Waals surface area contributed by atoms with Gasteiger partial charge in [0.1, 0.15) is 11.4 Å². The summed E-state index contributed by atoms with van der Waals surface area (Å²) in [5.74, 6) is 5.46. The number of hydrogen-bond acceptors (Lipinski definition) is 4. The smallest absolute Gasteiger partial charge is 0.408 e. The van der Waals surface area contributed by atoms with E-state index in [0.29, 0.717) is 17.4 Å². The summed E-state index contributed by atoms with van der Waals surface area (Å²) in [5.41, 5.74) is 0.234. The number of amides is 1. The first-order valence-corrected chi connectivity index (χ1v) is 6.06. The summed E-state index contributed by atoms with van der Waals surface area (Å²) in [6, 6.07) is 4.32. The van der Waals surface area contributed by atoms with Crippen molar-refractivity contribution in [3.05, 3.63) is 29.3 Å². The van der Waals surface area contributed by atoms with Crippen molar-refractivity contribution in [3.8, 4) is 17.6 Å². The van der Waals surface area contributed by atoms with Gasteiger partial charge in [0, 0.05) is 11.1 Å². The van der Waals surface area contributed by atoms with Crippen molar-refractivity contribution in [2.24, 2.45) is 0 Å². The second kappa shape index (κ2) is 6.62. The maximum absolute atomic E-state index is 11.3. The van der Waals surface area contributed by atoms with E-state index >= 15 is 0 Å². The quantitative estimate of drug-likeness (QED) is 0.640. The molecule has 1 aromatic rings. The average molecular weight is 275 g/mol. The third-order valence-corrected chi connectivity index (χ3v) is 2.11. The number of phenols is 1. The third kappa shape index (κ3) is 5.44. The van der Waals surface area contributed by atoms with Gasteiger partial charge in [-0.15, -0.1) is 0 Å². The number of aromatic hydroxyl groups is 1. The Balaban J connectivity index is 2.59. The summed E-state index contributed by atoms with van der Waals surface area (Å²) in [6.45, 7) is 5.41. The first-order valence-electron chi connectivity index (χ1n) is 6.06. The number of benzene rings is 1. The molecule has 0 aliphatic heterocycles. The van der Waals surface area contributed by atoms with Crippen LogP contribution in [-0.2, 0) is 4.74 Å². The van der Waals surface area contributed by atoms with Crippen molar-refractivity contribution in [2.45, 2.75) is 26.4 Å². The Morgan fingerprint density at radius 1 is 1.45 bits per heavy atom. The van der Waals surface area contributed by atoms with E-state index < -0.39 is 11.7 Å². The van der Waals surface area contributed by atoms with Crippen molar-refractivity contribution >= 4 is 12.4 Å². The van der Waals surface area contributed by atoms with Gasteiger partial charge in [-0.2, -0.15) is 0 Å². The predicted octanol–water partition coefficient (Wildman–Crippen LogP) is 2.08. The lowest BCUT2D eigenvalue weighted by Gasteiger charge is -2.19. The average Bonchev–Trinajstić information content (AvgIpc) is 2.33. The molecule has 0 saturated heterocycles. The van der Waals surface area contributed by atoms with Gasteiger partial charge in [0.25, 0.3) is 0 Å². The molecule has 1 rings (SSSR count). The van der Waals surface area contributed by atoms with E-state index in [4.69, 9.17) is 4.74 Å². The Morgan fingerprint density at radius 3 is 2.75 bits per heavy atom. The lowest BCUT2D eigenvalue weighted by Crippen LogP contribution is -2.32. The molecule has 0 unspecified atom stereocenters. The molecule has 0 aromatic heterocycles. The highest BCUT2D eigenvalue weighted by Gasteiger charge is 2.14. The number of aldehydes is 1. The summed E-state index contributed by atoms with van der Waals surface area (Å²) in [4.78, 5) is 22.2. The van der Waals surface area contributed by atoms with Crippen molar-refractivity contribution in [2.75, 3.05) is 6.54 Å². The Bertz CT molecular complexity index is 561. The van der Waals surface area contributed by atoms with Crippen LogP contribution in [0.4, 0.5) is 4.79 Å². The van der Waals surface area contributed by atoms with E-state index in [2.05, 4.69) is 17.2 Å². The molecule has 0 atom stereocenters. The second-order valence-corrected chi connectivity index (χ2v) is 5.05. The number of ether oxygens (including phenoxy) is 1. The molecule has 0 saturated carbocycles. The third-order valence-electron chi connectivity index (χ3n) is 2.11. The van der Waals surface area contributed by atoms with Gasteiger partial charge in [0.05, 0.1) is 6.54 Å². The van der Waals surface area contributed by atoms with Gasteiger partial charge in [-0.05, 0) is 39.0 Å². The highest BCUT2D eigenvalue weighted by molar-refractivity contribution is 5.80. The van der Waals surface area contributed by atoms with Crippen LogP contribution in [0, 0.1) is 11.8 Å². The molecule has 0 aliphatic rings. The number of carbonyl (C=O) groups excluding carboxylic acids is 2. The normalized spacial score (nSPS) is 10.2. The van der Waals surface area contributed by atoms with Gasteiger partial charge in [0.15, 0.2) is 6.29 Å². The summed E-state index contributed by atoms with van der Waals surface area (Å²) >= 11 is 0. The highest BCUT2D eigenvalue weighted by atomic mass is 16.6. The minimum Gasteiger partial charge on any atom is -0.508 e. The van der Waals surface area contributed by atoms with E-state index in [-0.39, 0.29) is 12.3 Å². The predicted molar refractivity (Wildman–Crippen MR) is 74.6 cm³/mol. The molecule has 0 radical (unpaired) electrons. The molecule has 0 heterocycles. The molecule has 20 heavy (non-hydrogen) atoms. The summed E-state index contributed by atoms with van der Waals surface area (Å²) in [5, 5.41) is 11.7. The van der Waals surface area contributed by atoms with Crippen molar-refractivity contribution in [1.29, 1.82) is 0 Å². The van der Waals surface area contributed by atoms with Gasteiger partial charge in [-0.1, -0.05) is 11.8 Å². The van der Waals surface area contributed by atoms with Crippen molar-refractivity contribution in [3.63, 3.8) is 0 Å². The number of hydrogen-bond donors (Lipinski definition) is 2. The van der Waals surface area contributed by atoms with Gasteiger partial charge in [0.2, 0.25) is 0 Å². The Labute approximate surface area is 117 Å². The maximum Gasteiger partial charge on any atom is 0.408 e. The molecule has 1 amide bonds. The van der Waals surface area contributed by atoms with Gasteiger partial charge in [-0.3, -0.25) is 4.79 Å². The van der Waals surface area contributed by atoms with E-state index in [1.165, 1.54) is 12.1 Å². The van der Waals surface area contributed by atoms with Crippen molar-refractivity contribution < 1.29 is 19.4 Å². The van der Waals surface area contributed by atoms with Crippen LogP contribution in [0.3, 0.4) is 0 Å². The lowest BCUT2D eigenvalue weighted by molar-refractivity contribution is 0.0535. The summed E-state index contributed by atoms with van der Waals surface area (Å²) < 4.78 is 5.04. The number of rotatable bonds is 2. The van der Waals surface area contributed by atoms with Gasteiger partial charge < -0.3 is 15.2 Å². The Hall–Kier alpha value is -2.48. The SMILES string of the molecule is CC(C)(C)OC(=O)NCC#Cc1ccc(O)cc1C=O. The molecule has 5 heteroatoms. The standard InChI is InChI=1S/C15H17NO4/c1-15(2,3)20-14(19)16-8-4-5-11-6-7-13(18)9-12(11)10-17/h6-7,9-10,18H,8H2,1-3H3,(H,16,19). The van der Waals surface area contributed by atoms with Crippen molar-refractivity contribution in [1.82, 2.24) is 5.32 Å². The van der Waals surface area contributed by atoms with Crippen LogP contribution in [0.2, 0.25) is 0 Å². The number of nitrogens with one attached hydrogen (secondary N) is 1. The zero-order valence-electron chi connectivity index (χ0n) is 11.7. The first kappa shape index (κ1) is 15.6. The number of phenolic OH excluding ortho intramolecular Hbond substituents is 1. The van der Waals surface area contributed by atoms with Crippen LogP contribution in [-0.4, -0.2) is 29.6 Å². The molecule has 0 spiro atoms. The second-order valence-electron chi connectivity index (χ2n) is 5.05. The number of carbonyl (C=O) groups is 2. The fourth-order valence-electron chi connectivity index (χ4n) is 1.33. The Kier molecular flexibility index (Phi) is 5.15. The summed E-state index contributed by atoms with van der Waals surface area (Å²) in [6.07, 6.45) is 0.0681. The topological polar surface area (TPSA) is 75.6 Å². The molecule has 0 aliphatic carbocycles. The summed E-state index contributed by atoms with van der Waals surface area (Å²) in [7, 11) is 0. The molecule has 1 aromatic carbocycles. The Morgan fingerprint density at radius 2 is 2.15 bits per heavy atom. The molecular weight excluding hydrogens is 258 g/mol. The molecular formula is C15H17NO4. The maximum atomic E-state index is 11.3. The van der Waals surface area contributed by atoms with Crippen LogP contribution in [0.1, 0.15) is 36.7 Å². The van der Waals surface area contributed by atoms with E-state index in [1.807, 2.05) is 0 Å². The molecule has 0 fully saturated rings. The minimum atomic E-state index is -0.556. The van der Waals surface area contributed by atoms with Crippen LogP contribution < -0.4 is 5.32 Å². The van der Waals surface area contributed by atoms with Crippen LogP contribution >= 0.6 is 0 Å². The number of alkyl carbamates (subject to hydrolysis) is 1. The van der Waals surface area contributed by atoms with Gasteiger partial charge in [-0.25, -0.2) is 4.79 Å². The monoisotopic (exact) mass is 275 g/mol. The molecule has 5 nitrogen and oxygen atoms in total. The minimum absolute atomic E-state index is 0.00419. The lowest BCUT2D eigenvalue weighted by atomic mass is 10.1. The largest absolute Gasteiger partial charge is 0.508 e. The van der Waals surface area contributed by atoms with E-state index in [0.717, 1.165) is 0 Å². The zero-order chi connectivity index (χ0) is 15.2. The highest BCUT2D eigenvalue weighted by Crippen LogP contribution is 2.13. The van der Waals surface area contributed by atoms with E-state index in [1.54, 1.807) is 26.8 Å². The fraction of sp³-hybridized carbons (Fsp3) is 0.333. The van der Waals surface area contributed by atoms with Crippen LogP contribution in [0.15, 0.2) is 18.2 Å².